The predicted octanol–water partition coefficient (Wildman–Crippen LogP) is 2.99. The van der Waals surface area contributed by atoms with Crippen LogP contribution in [0.15, 0.2) is 28.8 Å². The van der Waals surface area contributed by atoms with Crippen molar-refractivity contribution in [3.8, 4) is 0 Å². The van der Waals surface area contributed by atoms with Crippen LogP contribution in [0.3, 0.4) is 0 Å². The highest BCUT2D eigenvalue weighted by Gasteiger charge is 2.36. The molecule has 4 nitrogen and oxygen atoms in total. The molecule has 0 aliphatic carbocycles. The second-order valence-corrected chi connectivity index (χ2v) is 5.68. The third-order valence-corrected chi connectivity index (χ3v) is 4.03. The molecule has 1 aromatic heterocycles. The van der Waals surface area contributed by atoms with Gasteiger partial charge < -0.3 is 9.84 Å². The summed E-state index contributed by atoms with van der Waals surface area (Å²) in [6.07, 6.45) is 1.63. The molecule has 3 rings (SSSR count). The number of rotatable bonds is 3. The molecule has 1 saturated heterocycles. The van der Waals surface area contributed by atoms with Gasteiger partial charge >= 0.3 is 0 Å². The SMILES string of the molecule is CC1(c2nc(Cc3ccccc3Cl)no2)CCNC1.Cl. The van der Waals surface area contributed by atoms with E-state index in [0.29, 0.717) is 12.2 Å². The van der Waals surface area contributed by atoms with Gasteiger partial charge in [0.15, 0.2) is 5.82 Å². The van der Waals surface area contributed by atoms with Gasteiger partial charge in [-0.25, -0.2) is 0 Å². The lowest BCUT2D eigenvalue weighted by Crippen LogP contribution is -2.25. The van der Waals surface area contributed by atoms with E-state index in [1.165, 1.54) is 0 Å². The standard InChI is InChI=1S/C14H16ClN3O.ClH/c1-14(6-7-16-9-14)13-17-12(18-19-13)8-10-4-2-3-5-11(10)15;/h2-5,16H,6-9H2,1H3;1H. The van der Waals surface area contributed by atoms with Gasteiger partial charge in [-0.1, -0.05) is 35.0 Å². The zero-order valence-electron chi connectivity index (χ0n) is 11.2. The van der Waals surface area contributed by atoms with E-state index in [0.717, 1.165) is 36.0 Å². The van der Waals surface area contributed by atoms with Gasteiger partial charge in [-0.2, -0.15) is 4.98 Å². The van der Waals surface area contributed by atoms with Crippen LogP contribution in [-0.2, 0) is 11.8 Å². The fourth-order valence-electron chi connectivity index (χ4n) is 2.38. The molecule has 0 amide bonds. The van der Waals surface area contributed by atoms with Crippen LogP contribution < -0.4 is 5.32 Å². The molecule has 1 fully saturated rings. The molecule has 108 valence electrons. The van der Waals surface area contributed by atoms with Gasteiger partial charge in [0.05, 0.1) is 5.41 Å². The first kappa shape index (κ1) is 15.3. The lowest BCUT2D eigenvalue weighted by Gasteiger charge is -2.15. The Morgan fingerprint density at radius 2 is 2.20 bits per heavy atom. The molecular weight excluding hydrogens is 297 g/mol. The Morgan fingerprint density at radius 1 is 1.40 bits per heavy atom. The van der Waals surface area contributed by atoms with Crippen molar-refractivity contribution in [2.75, 3.05) is 13.1 Å². The van der Waals surface area contributed by atoms with E-state index in [1.54, 1.807) is 0 Å². The lowest BCUT2D eigenvalue weighted by atomic mass is 9.90. The van der Waals surface area contributed by atoms with Crippen molar-refractivity contribution >= 4 is 24.0 Å². The van der Waals surface area contributed by atoms with Gasteiger partial charge in [0, 0.05) is 18.0 Å². The largest absolute Gasteiger partial charge is 0.339 e. The molecule has 1 unspecified atom stereocenters. The Morgan fingerprint density at radius 3 is 2.90 bits per heavy atom. The average molecular weight is 314 g/mol. The Balaban J connectivity index is 0.00000147. The number of nitrogens with zero attached hydrogens (tertiary/aromatic N) is 2. The number of halogens is 2. The monoisotopic (exact) mass is 313 g/mol. The van der Waals surface area contributed by atoms with Crippen LogP contribution in [0.25, 0.3) is 0 Å². The van der Waals surface area contributed by atoms with Crippen LogP contribution in [0, 0.1) is 0 Å². The van der Waals surface area contributed by atoms with Crippen LogP contribution in [0.4, 0.5) is 0 Å². The van der Waals surface area contributed by atoms with E-state index in [9.17, 15) is 0 Å². The third-order valence-electron chi connectivity index (χ3n) is 3.66. The van der Waals surface area contributed by atoms with E-state index in [1.807, 2.05) is 24.3 Å². The van der Waals surface area contributed by atoms with Crippen molar-refractivity contribution in [3.63, 3.8) is 0 Å². The molecular formula is C14H17Cl2N3O. The molecule has 2 heterocycles. The first-order chi connectivity index (χ1) is 9.17. The summed E-state index contributed by atoms with van der Waals surface area (Å²) in [6, 6.07) is 7.74. The Kier molecular flexibility index (Phi) is 4.68. The topological polar surface area (TPSA) is 51.0 Å². The molecule has 1 aromatic carbocycles. The summed E-state index contributed by atoms with van der Waals surface area (Å²) in [6.45, 7) is 4.04. The van der Waals surface area contributed by atoms with E-state index < -0.39 is 0 Å². The summed E-state index contributed by atoms with van der Waals surface area (Å²) in [4.78, 5) is 4.52. The molecule has 1 aliphatic heterocycles. The summed E-state index contributed by atoms with van der Waals surface area (Å²) in [5, 5.41) is 8.14. The molecule has 6 heteroatoms. The maximum absolute atomic E-state index is 6.14. The predicted molar refractivity (Wildman–Crippen MR) is 80.6 cm³/mol. The molecule has 0 spiro atoms. The maximum Gasteiger partial charge on any atom is 0.233 e. The van der Waals surface area contributed by atoms with Gasteiger partial charge in [0.1, 0.15) is 0 Å². The van der Waals surface area contributed by atoms with Crippen LogP contribution >= 0.6 is 24.0 Å². The maximum atomic E-state index is 6.14. The normalized spacial score (nSPS) is 21.7. The number of hydrogen-bond acceptors (Lipinski definition) is 4. The van der Waals surface area contributed by atoms with E-state index in [-0.39, 0.29) is 17.8 Å². The molecule has 1 N–H and O–H groups in total. The minimum absolute atomic E-state index is 0. The molecule has 0 bridgehead atoms. The van der Waals surface area contributed by atoms with E-state index in [2.05, 4.69) is 22.4 Å². The Hall–Kier alpha value is -1.10. The van der Waals surface area contributed by atoms with Crippen LogP contribution in [0.2, 0.25) is 5.02 Å². The first-order valence-corrected chi connectivity index (χ1v) is 6.82. The van der Waals surface area contributed by atoms with Crippen molar-refractivity contribution in [3.05, 3.63) is 46.6 Å². The minimum Gasteiger partial charge on any atom is -0.339 e. The van der Waals surface area contributed by atoms with Crippen molar-refractivity contribution in [2.45, 2.75) is 25.2 Å². The summed E-state index contributed by atoms with van der Waals surface area (Å²) < 4.78 is 5.42. The second-order valence-electron chi connectivity index (χ2n) is 5.27. The van der Waals surface area contributed by atoms with Gasteiger partial charge in [0.2, 0.25) is 5.89 Å². The smallest absolute Gasteiger partial charge is 0.233 e. The number of hydrogen-bond donors (Lipinski definition) is 1. The highest BCUT2D eigenvalue weighted by atomic mass is 35.5. The zero-order chi connectivity index (χ0) is 13.3. The third kappa shape index (κ3) is 2.97. The fourth-order valence-corrected chi connectivity index (χ4v) is 2.59. The lowest BCUT2D eigenvalue weighted by molar-refractivity contribution is 0.304. The summed E-state index contributed by atoms with van der Waals surface area (Å²) in [5.41, 5.74) is 0.984. The van der Waals surface area contributed by atoms with Gasteiger partial charge in [-0.05, 0) is 31.5 Å². The van der Waals surface area contributed by atoms with Crippen LogP contribution in [0.1, 0.15) is 30.6 Å². The van der Waals surface area contributed by atoms with E-state index in [4.69, 9.17) is 16.1 Å². The minimum atomic E-state index is -0.0360. The van der Waals surface area contributed by atoms with Crippen LogP contribution in [-0.4, -0.2) is 23.2 Å². The first-order valence-electron chi connectivity index (χ1n) is 6.45. The Bertz CT molecular complexity index is 579. The summed E-state index contributed by atoms with van der Waals surface area (Å²) in [5.74, 6) is 1.41. The van der Waals surface area contributed by atoms with Crippen molar-refractivity contribution in [1.82, 2.24) is 15.5 Å². The Labute approximate surface area is 129 Å². The number of nitrogens with one attached hydrogen (secondary N) is 1. The molecule has 1 atom stereocenters. The molecule has 2 aromatic rings. The quantitative estimate of drug-likeness (QED) is 0.946. The fraction of sp³-hybridized carbons (Fsp3) is 0.429. The summed E-state index contributed by atoms with van der Waals surface area (Å²) >= 11 is 6.14. The number of benzene rings is 1. The second kappa shape index (κ2) is 6.12. The van der Waals surface area contributed by atoms with Crippen LogP contribution in [0.5, 0.6) is 0 Å². The highest BCUT2D eigenvalue weighted by molar-refractivity contribution is 6.31. The molecule has 1 aliphatic rings. The average Bonchev–Trinajstić information content (AvgIpc) is 3.02. The molecule has 0 radical (unpaired) electrons. The van der Waals surface area contributed by atoms with E-state index >= 15 is 0 Å². The van der Waals surface area contributed by atoms with Crippen molar-refractivity contribution in [1.29, 1.82) is 0 Å². The van der Waals surface area contributed by atoms with Gasteiger partial charge in [0.25, 0.3) is 0 Å². The van der Waals surface area contributed by atoms with Crippen molar-refractivity contribution < 1.29 is 4.52 Å². The highest BCUT2D eigenvalue weighted by Crippen LogP contribution is 2.29. The van der Waals surface area contributed by atoms with Crippen molar-refractivity contribution in [2.24, 2.45) is 0 Å². The molecule has 0 saturated carbocycles. The number of aromatic nitrogens is 2. The molecule has 20 heavy (non-hydrogen) atoms. The van der Waals surface area contributed by atoms with Gasteiger partial charge in [-0.15, -0.1) is 12.4 Å². The zero-order valence-corrected chi connectivity index (χ0v) is 12.8. The van der Waals surface area contributed by atoms with Gasteiger partial charge in [-0.3, -0.25) is 0 Å². The summed E-state index contributed by atoms with van der Waals surface area (Å²) in [7, 11) is 0.